The molecule has 1 heteroatoms. The van der Waals surface area contributed by atoms with Gasteiger partial charge in [-0.2, -0.15) is 0 Å². The number of hydrogen-bond acceptors (Lipinski definition) is 1. The van der Waals surface area contributed by atoms with Crippen LogP contribution in [0, 0.1) is 0 Å². The smallest absolute Gasteiger partial charge is 0.0387 e. The fraction of sp³-hybridized carbons (Fsp3) is 0.111. The van der Waals surface area contributed by atoms with Crippen LogP contribution < -0.4 is 5.32 Å². The molecule has 1 N–H and O–H groups in total. The molecule has 1 aliphatic rings. The Bertz CT molecular complexity index is 1080. The highest BCUT2D eigenvalue weighted by molar-refractivity contribution is 5.83. The van der Waals surface area contributed by atoms with Crippen molar-refractivity contribution in [2.24, 2.45) is 0 Å². The summed E-state index contributed by atoms with van der Waals surface area (Å²) >= 11 is 0. The normalized spacial score (nSPS) is 14.1. The molecule has 28 heavy (non-hydrogen) atoms. The van der Waals surface area contributed by atoms with Gasteiger partial charge in [-0.05, 0) is 57.7 Å². The molecule has 0 saturated carbocycles. The van der Waals surface area contributed by atoms with Crippen LogP contribution in [0.15, 0.2) is 98.1 Å². The van der Waals surface area contributed by atoms with Crippen LogP contribution in [0.1, 0.15) is 30.5 Å². The van der Waals surface area contributed by atoms with Gasteiger partial charge in [0.05, 0.1) is 0 Å². The topological polar surface area (TPSA) is 12.0 Å². The molecule has 1 nitrogen and oxygen atoms in total. The first-order chi connectivity index (χ1) is 13.5. The van der Waals surface area contributed by atoms with Gasteiger partial charge in [0.2, 0.25) is 0 Å². The second kappa shape index (κ2) is 7.01. The molecular weight excluding hydrogens is 338 g/mol. The molecule has 3 aromatic carbocycles. The fourth-order valence-corrected chi connectivity index (χ4v) is 4.10. The Kier molecular flexibility index (Phi) is 4.52. The van der Waals surface area contributed by atoms with E-state index < -0.39 is 0 Å². The Hall–Kier alpha value is -3.32. The van der Waals surface area contributed by atoms with Crippen molar-refractivity contribution in [2.75, 3.05) is 5.32 Å². The monoisotopic (exact) mass is 363 g/mol. The van der Waals surface area contributed by atoms with E-state index in [1.165, 1.54) is 22.3 Å². The zero-order valence-electron chi connectivity index (χ0n) is 16.5. The summed E-state index contributed by atoms with van der Waals surface area (Å²) in [5.74, 6) is 0. The van der Waals surface area contributed by atoms with Crippen molar-refractivity contribution < 1.29 is 0 Å². The second-order valence-electron chi connectivity index (χ2n) is 7.70. The Morgan fingerprint density at radius 1 is 0.821 bits per heavy atom. The lowest BCUT2D eigenvalue weighted by atomic mass is 9.82. The number of hydrogen-bond donors (Lipinski definition) is 1. The third-order valence-corrected chi connectivity index (χ3v) is 5.61. The molecule has 0 amide bonds. The average Bonchev–Trinajstić information content (AvgIpc) is 2.94. The molecule has 3 aromatic rings. The van der Waals surface area contributed by atoms with Crippen LogP contribution in [-0.2, 0) is 5.41 Å². The second-order valence-corrected chi connectivity index (χ2v) is 7.70. The largest absolute Gasteiger partial charge is 0.356 e. The van der Waals surface area contributed by atoms with Crippen molar-refractivity contribution in [2.45, 2.75) is 19.3 Å². The molecular formula is C27H25N. The first-order valence-electron chi connectivity index (χ1n) is 9.61. The molecule has 0 saturated heterocycles. The Labute approximate surface area is 167 Å². The van der Waals surface area contributed by atoms with Crippen LogP contribution in [0.4, 0.5) is 11.4 Å². The van der Waals surface area contributed by atoms with Gasteiger partial charge in [-0.1, -0.05) is 87.7 Å². The molecule has 0 aromatic heterocycles. The number of nitrogens with one attached hydrogen (secondary N) is 1. The summed E-state index contributed by atoms with van der Waals surface area (Å²) in [6.07, 6.45) is 5.60. The lowest BCUT2D eigenvalue weighted by Gasteiger charge is -2.22. The van der Waals surface area contributed by atoms with Gasteiger partial charge in [0.1, 0.15) is 0 Å². The van der Waals surface area contributed by atoms with Crippen LogP contribution in [0.2, 0.25) is 0 Å². The lowest BCUT2D eigenvalue weighted by molar-refractivity contribution is 0.660. The van der Waals surface area contributed by atoms with Crippen molar-refractivity contribution in [3.63, 3.8) is 0 Å². The minimum absolute atomic E-state index is 0.0157. The predicted octanol–water partition coefficient (Wildman–Crippen LogP) is 7.49. The van der Waals surface area contributed by atoms with Gasteiger partial charge in [0.25, 0.3) is 0 Å². The van der Waals surface area contributed by atoms with E-state index in [-0.39, 0.29) is 5.41 Å². The maximum Gasteiger partial charge on any atom is 0.0387 e. The first-order valence-corrected chi connectivity index (χ1v) is 9.61. The van der Waals surface area contributed by atoms with Gasteiger partial charge in [-0.25, -0.2) is 0 Å². The zero-order valence-corrected chi connectivity index (χ0v) is 16.5. The summed E-state index contributed by atoms with van der Waals surface area (Å²) in [6.45, 7) is 12.3. The maximum atomic E-state index is 3.88. The molecule has 138 valence electrons. The van der Waals surface area contributed by atoms with E-state index in [2.05, 4.69) is 99.1 Å². The molecule has 0 bridgehead atoms. The summed E-state index contributed by atoms with van der Waals surface area (Å²) in [5.41, 5.74) is 9.86. The van der Waals surface area contributed by atoms with E-state index in [4.69, 9.17) is 0 Å². The maximum absolute atomic E-state index is 3.88. The summed E-state index contributed by atoms with van der Waals surface area (Å²) in [4.78, 5) is 0. The van der Waals surface area contributed by atoms with Gasteiger partial charge >= 0.3 is 0 Å². The average molecular weight is 364 g/mol. The third kappa shape index (κ3) is 2.99. The highest BCUT2D eigenvalue weighted by atomic mass is 14.9. The lowest BCUT2D eigenvalue weighted by Crippen LogP contribution is -2.15. The molecule has 0 unspecified atom stereocenters. The first kappa shape index (κ1) is 18.1. The number of benzene rings is 3. The SMILES string of the molecule is C=C/C=C(\C=C)c1ccc(Nc2ccc3c(c2)C(C)(C)c2ccccc2-3)cc1. The molecule has 1 aliphatic carbocycles. The van der Waals surface area contributed by atoms with E-state index in [0.717, 1.165) is 22.5 Å². The molecule has 0 atom stereocenters. The molecule has 0 heterocycles. The fourth-order valence-electron chi connectivity index (χ4n) is 4.10. The number of fused-ring (bicyclic) bond motifs is 3. The van der Waals surface area contributed by atoms with E-state index in [9.17, 15) is 0 Å². The Morgan fingerprint density at radius 3 is 2.21 bits per heavy atom. The molecule has 0 spiro atoms. The summed E-state index contributed by atoms with van der Waals surface area (Å²) < 4.78 is 0. The number of anilines is 2. The molecule has 0 aliphatic heterocycles. The summed E-state index contributed by atoms with van der Waals surface area (Å²) in [5, 5.41) is 3.55. The van der Waals surface area contributed by atoms with Crippen molar-refractivity contribution in [1.29, 1.82) is 0 Å². The molecule has 4 rings (SSSR count). The Morgan fingerprint density at radius 2 is 1.50 bits per heavy atom. The van der Waals surface area contributed by atoms with Crippen molar-refractivity contribution in [1.82, 2.24) is 0 Å². The van der Waals surface area contributed by atoms with Crippen LogP contribution in [0.3, 0.4) is 0 Å². The minimum Gasteiger partial charge on any atom is -0.356 e. The van der Waals surface area contributed by atoms with Gasteiger partial charge < -0.3 is 5.32 Å². The summed E-state index contributed by atoms with van der Waals surface area (Å²) in [7, 11) is 0. The van der Waals surface area contributed by atoms with Gasteiger partial charge in [-0.15, -0.1) is 0 Å². The van der Waals surface area contributed by atoms with Crippen LogP contribution in [0.5, 0.6) is 0 Å². The van der Waals surface area contributed by atoms with E-state index >= 15 is 0 Å². The highest BCUT2D eigenvalue weighted by Gasteiger charge is 2.35. The van der Waals surface area contributed by atoms with Crippen molar-refractivity contribution >= 4 is 16.9 Å². The zero-order chi connectivity index (χ0) is 19.7. The van der Waals surface area contributed by atoms with Gasteiger partial charge in [-0.3, -0.25) is 0 Å². The Balaban J connectivity index is 1.63. The van der Waals surface area contributed by atoms with Crippen LogP contribution in [0.25, 0.3) is 16.7 Å². The van der Waals surface area contributed by atoms with E-state index in [1.807, 2.05) is 12.2 Å². The standard InChI is InChI=1S/C27H25N/c1-5-9-19(6-2)20-12-14-21(15-13-20)28-22-16-17-24-23-10-7-8-11-25(23)27(3,4)26(24)18-22/h5-18,28H,1-2H2,3-4H3/b19-9+. The summed E-state index contributed by atoms with van der Waals surface area (Å²) in [6, 6.07) is 23.8. The van der Waals surface area contributed by atoms with Crippen LogP contribution >= 0.6 is 0 Å². The van der Waals surface area contributed by atoms with Gasteiger partial charge in [0.15, 0.2) is 0 Å². The molecule has 0 radical (unpaired) electrons. The van der Waals surface area contributed by atoms with E-state index in [1.54, 1.807) is 6.08 Å². The quantitative estimate of drug-likeness (QED) is 0.463. The molecule has 0 fully saturated rings. The van der Waals surface area contributed by atoms with Gasteiger partial charge in [0, 0.05) is 16.8 Å². The highest BCUT2D eigenvalue weighted by Crippen LogP contribution is 2.49. The third-order valence-electron chi connectivity index (χ3n) is 5.61. The van der Waals surface area contributed by atoms with Crippen molar-refractivity contribution in [3.05, 3.63) is 115 Å². The van der Waals surface area contributed by atoms with Crippen LogP contribution in [-0.4, -0.2) is 0 Å². The minimum atomic E-state index is 0.0157. The van der Waals surface area contributed by atoms with Crippen molar-refractivity contribution in [3.8, 4) is 11.1 Å². The number of rotatable bonds is 5. The predicted molar refractivity (Wildman–Crippen MR) is 122 cm³/mol. The van der Waals surface area contributed by atoms with E-state index in [0.29, 0.717) is 0 Å². The number of allylic oxidation sites excluding steroid dienone is 4.